The van der Waals surface area contributed by atoms with Crippen molar-refractivity contribution in [3.05, 3.63) is 48.2 Å². The molecule has 0 radical (unpaired) electrons. The normalized spacial score (nSPS) is 11.7. The van der Waals surface area contributed by atoms with Crippen molar-refractivity contribution in [2.24, 2.45) is 0 Å². The van der Waals surface area contributed by atoms with Crippen molar-refractivity contribution in [1.82, 2.24) is 9.38 Å². The summed E-state index contributed by atoms with van der Waals surface area (Å²) < 4.78 is 7.67. The molecule has 0 unspecified atom stereocenters. The van der Waals surface area contributed by atoms with Crippen LogP contribution in [0.2, 0.25) is 0 Å². The Bertz CT molecular complexity index is 842. The standard InChI is InChI=1S/C20H25N3O/c1-6-24-16-10-8-15(9-11-16)18-19(22-20(3,4)5)23-13-14(2)7-12-17(23)21-18/h7-13,22H,6H2,1-5H3. The third-order valence-electron chi connectivity index (χ3n) is 3.70. The zero-order chi connectivity index (χ0) is 17.3. The van der Waals surface area contributed by atoms with Crippen LogP contribution in [0, 0.1) is 6.92 Å². The molecule has 0 aliphatic heterocycles. The first-order chi connectivity index (χ1) is 11.4. The number of anilines is 1. The molecule has 0 saturated heterocycles. The summed E-state index contributed by atoms with van der Waals surface area (Å²) in [4.78, 5) is 4.84. The van der Waals surface area contributed by atoms with E-state index >= 15 is 0 Å². The van der Waals surface area contributed by atoms with Crippen LogP contribution in [0.3, 0.4) is 0 Å². The number of hydrogen-bond acceptors (Lipinski definition) is 3. The lowest BCUT2D eigenvalue weighted by Gasteiger charge is -2.22. The molecule has 2 heterocycles. The molecule has 1 aromatic carbocycles. The van der Waals surface area contributed by atoms with Gasteiger partial charge in [-0.25, -0.2) is 4.98 Å². The Morgan fingerprint density at radius 1 is 1.08 bits per heavy atom. The molecule has 0 amide bonds. The summed E-state index contributed by atoms with van der Waals surface area (Å²) >= 11 is 0. The van der Waals surface area contributed by atoms with Gasteiger partial charge in [0, 0.05) is 17.3 Å². The lowest BCUT2D eigenvalue weighted by Crippen LogP contribution is -2.27. The zero-order valence-corrected chi connectivity index (χ0v) is 15.1. The van der Waals surface area contributed by atoms with Gasteiger partial charge in [0.15, 0.2) is 0 Å². The smallest absolute Gasteiger partial charge is 0.139 e. The summed E-state index contributed by atoms with van der Waals surface area (Å²) in [5.41, 5.74) is 4.12. The van der Waals surface area contributed by atoms with Gasteiger partial charge in [-0.15, -0.1) is 0 Å². The average Bonchev–Trinajstić information content (AvgIpc) is 2.85. The summed E-state index contributed by atoms with van der Waals surface area (Å²) in [6.45, 7) is 11.2. The molecule has 1 N–H and O–H groups in total. The number of imidazole rings is 1. The van der Waals surface area contributed by atoms with E-state index in [0.29, 0.717) is 6.61 Å². The van der Waals surface area contributed by atoms with Crippen molar-refractivity contribution in [2.45, 2.75) is 40.2 Å². The number of rotatable bonds is 4. The Morgan fingerprint density at radius 3 is 2.42 bits per heavy atom. The van der Waals surface area contributed by atoms with E-state index in [4.69, 9.17) is 9.72 Å². The topological polar surface area (TPSA) is 38.6 Å². The summed E-state index contributed by atoms with van der Waals surface area (Å²) in [7, 11) is 0. The molecule has 126 valence electrons. The monoisotopic (exact) mass is 323 g/mol. The second-order valence-electron chi connectivity index (χ2n) is 7.08. The van der Waals surface area contributed by atoms with Crippen LogP contribution in [0.4, 0.5) is 5.82 Å². The summed E-state index contributed by atoms with van der Waals surface area (Å²) in [6, 6.07) is 12.3. The highest BCUT2D eigenvalue weighted by atomic mass is 16.5. The van der Waals surface area contributed by atoms with Crippen molar-refractivity contribution in [3.8, 4) is 17.0 Å². The summed E-state index contributed by atoms with van der Waals surface area (Å²) in [6.07, 6.45) is 2.12. The Kier molecular flexibility index (Phi) is 4.22. The van der Waals surface area contributed by atoms with Crippen molar-refractivity contribution >= 4 is 11.5 Å². The number of hydrogen-bond donors (Lipinski definition) is 1. The van der Waals surface area contributed by atoms with Gasteiger partial charge < -0.3 is 10.1 Å². The molecule has 0 atom stereocenters. The maximum atomic E-state index is 5.54. The van der Waals surface area contributed by atoms with E-state index in [9.17, 15) is 0 Å². The van der Waals surface area contributed by atoms with Gasteiger partial charge in [0.05, 0.1) is 6.61 Å². The van der Waals surface area contributed by atoms with Gasteiger partial charge in [-0.2, -0.15) is 0 Å². The Balaban J connectivity index is 2.13. The molecule has 2 aromatic heterocycles. The number of pyridine rings is 1. The third-order valence-corrected chi connectivity index (χ3v) is 3.70. The molecule has 0 bridgehead atoms. The highest BCUT2D eigenvalue weighted by Crippen LogP contribution is 2.32. The average molecular weight is 323 g/mol. The van der Waals surface area contributed by atoms with Gasteiger partial charge in [-0.3, -0.25) is 4.40 Å². The zero-order valence-electron chi connectivity index (χ0n) is 15.1. The Labute approximate surface area is 143 Å². The highest BCUT2D eigenvalue weighted by Gasteiger charge is 2.19. The van der Waals surface area contributed by atoms with Crippen molar-refractivity contribution < 1.29 is 4.74 Å². The van der Waals surface area contributed by atoms with Crippen LogP contribution in [0.1, 0.15) is 33.3 Å². The fourth-order valence-electron chi connectivity index (χ4n) is 2.70. The first-order valence-corrected chi connectivity index (χ1v) is 8.37. The van der Waals surface area contributed by atoms with Gasteiger partial charge in [0.1, 0.15) is 22.9 Å². The molecule has 3 rings (SSSR count). The second kappa shape index (κ2) is 6.19. The van der Waals surface area contributed by atoms with Crippen LogP contribution in [-0.2, 0) is 0 Å². The van der Waals surface area contributed by atoms with Crippen LogP contribution >= 0.6 is 0 Å². The highest BCUT2D eigenvalue weighted by molar-refractivity contribution is 5.77. The molecular weight excluding hydrogens is 298 g/mol. The number of ether oxygens (including phenoxy) is 1. The second-order valence-corrected chi connectivity index (χ2v) is 7.08. The minimum absolute atomic E-state index is 0.0558. The molecule has 3 aromatic rings. The van der Waals surface area contributed by atoms with Crippen molar-refractivity contribution in [3.63, 3.8) is 0 Å². The quantitative estimate of drug-likeness (QED) is 0.740. The number of fused-ring (bicyclic) bond motifs is 1. The molecule has 24 heavy (non-hydrogen) atoms. The fraction of sp³-hybridized carbons (Fsp3) is 0.350. The molecule has 4 nitrogen and oxygen atoms in total. The molecule has 0 fully saturated rings. The van der Waals surface area contributed by atoms with Crippen LogP contribution in [0.5, 0.6) is 5.75 Å². The van der Waals surface area contributed by atoms with E-state index in [1.54, 1.807) is 0 Å². The molecule has 0 aliphatic carbocycles. The molecule has 4 heteroatoms. The van der Waals surface area contributed by atoms with Gasteiger partial charge in [-0.05, 0) is 70.5 Å². The number of benzene rings is 1. The van der Waals surface area contributed by atoms with E-state index in [2.05, 4.69) is 67.9 Å². The van der Waals surface area contributed by atoms with Crippen LogP contribution in [0.25, 0.3) is 16.9 Å². The van der Waals surface area contributed by atoms with E-state index in [-0.39, 0.29) is 5.54 Å². The third kappa shape index (κ3) is 3.37. The van der Waals surface area contributed by atoms with Crippen LogP contribution in [0.15, 0.2) is 42.6 Å². The first-order valence-electron chi connectivity index (χ1n) is 8.37. The van der Waals surface area contributed by atoms with E-state index in [1.807, 2.05) is 19.1 Å². The number of nitrogens with one attached hydrogen (secondary N) is 1. The van der Waals surface area contributed by atoms with Gasteiger partial charge >= 0.3 is 0 Å². The van der Waals surface area contributed by atoms with E-state index < -0.39 is 0 Å². The van der Waals surface area contributed by atoms with Gasteiger partial charge in [-0.1, -0.05) is 6.07 Å². The van der Waals surface area contributed by atoms with Crippen molar-refractivity contribution in [1.29, 1.82) is 0 Å². The fourth-order valence-corrected chi connectivity index (χ4v) is 2.70. The lowest BCUT2D eigenvalue weighted by molar-refractivity contribution is 0.340. The summed E-state index contributed by atoms with van der Waals surface area (Å²) in [5.74, 6) is 1.90. The molecule has 0 saturated carbocycles. The minimum Gasteiger partial charge on any atom is -0.494 e. The van der Waals surface area contributed by atoms with Gasteiger partial charge in [0.25, 0.3) is 0 Å². The predicted molar refractivity (Wildman–Crippen MR) is 99.9 cm³/mol. The Morgan fingerprint density at radius 2 is 1.79 bits per heavy atom. The van der Waals surface area contributed by atoms with Gasteiger partial charge in [0.2, 0.25) is 0 Å². The molecular formula is C20H25N3O. The molecule has 0 spiro atoms. The maximum absolute atomic E-state index is 5.54. The van der Waals surface area contributed by atoms with Crippen LogP contribution < -0.4 is 10.1 Å². The largest absolute Gasteiger partial charge is 0.494 e. The van der Waals surface area contributed by atoms with E-state index in [0.717, 1.165) is 28.5 Å². The lowest BCUT2D eigenvalue weighted by atomic mass is 10.1. The maximum Gasteiger partial charge on any atom is 0.139 e. The summed E-state index contributed by atoms with van der Waals surface area (Å²) in [5, 5.41) is 3.61. The number of nitrogens with zero attached hydrogens (tertiary/aromatic N) is 2. The molecule has 0 aliphatic rings. The number of aromatic nitrogens is 2. The predicted octanol–water partition coefficient (Wildman–Crippen LogP) is 4.92. The Hall–Kier alpha value is -2.49. The van der Waals surface area contributed by atoms with E-state index in [1.165, 1.54) is 5.56 Å². The van der Waals surface area contributed by atoms with Crippen molar-refractivity contribution in [2.75, 3.05) is 11.9 Å². The number of aryl methyl sites for hydroxylation is 1. The van der Waals surface area contributed by atoms with Crippen LogP contribution in [-0.4, -0.2) is 21.5 Å². The minimum atomic E-state index is -0.0558. The first kappa shape index (κ1) is 16.4. The SMILES string of the molecule is CCOc1ccc(-c2nc3ccc(C)cn3c2NC(C)(C)C)cc1.